The Labute approximate surface area is 174 Å². The van der Waals surface area contributed by atoms with Gasteiger partial charge in [0.15, 0.2) is 0 Å². The van der Waals surface area contributed by atoms with Gasteiger partial charge in [-0.15, -0.1) is 0 Å². The highest BCUT2D eigenvalue weighted by Crippen LogP contribution is 2.42. The summed E-state index contributed by atoms with van der Waals surface area (Å²) in [5, 5.41) is 0. The van der Waals surface area contributed by atoms with Crippen LogP contribution in [-0.2, 0) is 11.8 Å². The van der Waals surface area contributed by atoms with Gasteiger partial charge in [-0.1, -0.05) is 52.0 Å². The predicted octanol–water partition coefficient (Wildman–Crippen LogP) is 7.03. The molecule has 0 fully saturated rings. The summed E-state index contributed by atoms with van der Waals surface area (Å²) in [6, 6.07) is 23.4. The summed E-state index contributed by atoms with van der Waals surface area (Å²) in [6.07, 6.45) is 1.02. The molecule has 0 radical (unpaired) electrons. The second-order valence-corrected chi connectivity index (χ2v) is 8.19. The summed E-state index contributed by atoms with van der Waals surface area (Å²) in [5.74, 6) is 1.54. The first kappa shape index (κ1) is 20.8. The van der Waals surface area contributed by atoms with Crippen molar-refractivity contribution in [1.29, 1.82) is 0 Å². The number of rotatable bonds is 6. The van der Waals surface area contributed by atoms with E-state index >= 15 is 0 Å². The molecule has 152 valence electrons. The van der Waals surface area contributed by atoms with E-state index in [4.69, 9.17) is 9.47 Å². The minimum Gasteiger partial charge on any atom is -0.497 e. The van der Waals surface area contributed by atoms with Crippen LogP contribution in [0.4, 0.5) is 17.1 Å². The topological polar surface area (TPSA) is 21.7 Å². The van der Waals surface area contributed by atoms with Gasteiger partial charge in [0.05, 0.1) is 19.9 Å². The molecule has 0 aliphatic heterocycles. The quantitative estimate of drug-likeness (QED) is 0.451. The minimum absolute atomic E-state index is 0.115. The molecule has 0 unspecified atom stereocenters. The standard InChI is InChI=1S/C26H31NO2/c1-7-19-8-12-21(13-9-19)27(22-14-10-20(11-15-22)26(2,3)4)24-17-16-23(28-5)18-25(24)29-6/h8-18H,7H2,1-6H3. The van der Waals surface area contributed by atoms with Crippen LogP contribution < -0.4 is 14.4 Å². The van der Waals surface area contributed by atoms with Crippen molar-refractivity contribution in [2.24, 2.45) is 0 Å². The van der Waals surface area contributed by atoms with Crippen molar-refractivity contribution in [3.63, 3.8) is 0 Å². The first-order valence-electron chi connectivity index (χ1n) is 10.1. The van der Waals surface area contributed by atoms with E-state index < -0.39 is 0 Å². The van der Waals surface area contributed by atoms with Gasteiger partial charge in [-0.25, -0.2) is 0 Å². The predicted molar refractivity (Wildman–Crippen MR) is 122 cm³/mol. The zero-order chi connectivity index (χ0) is 21.0. The lowest BCUT2D eigenvalue weighted by atomic mass is 9.87. The molecule has 0 saturated heterocycles. The van der Waals surface area contributed by atoms with Crippen LogP contribution >= 0.6 is 0 Å². The summed E-state index contributed by atoms with van der Waals surface area (Å²) < 4.78 is 11.1. The zero-order valence-electron chi connectivity index (χ0n) is 18.3. The van der Waals surface area contributed by atoms with Gasteiger partial charge in [-0.05, 0) is 59.4 Å². The Bertz CT molecular complexity index is 938. The van der Waals surface area contributed by atoms with Crippen molar-refractivity contribution in [1.82, 2.24) is 0 Å². The van der Waals surface area contributed by atoms with Crippen LogP contribution in [0.1, 0.15) is 38.8 Å². The maximum Gasteiger partial charge on any atom is 0.146 e. The third-order valence-corrected chi connectivity index (χ3v) is 5.22. The maximum absolute atomic E-state index is 5.71. The smallest absolute Gasteiger partial charge is 0.146 e. The fourth-order valence-electron chi connectivity index (χ4n) is 3.39. The van der Waals surface area contributed by atoms with Crippen LogP contribution in [0.15, 0.2) is 66.7 Å². The van der Waals surface area contributed by atoms with E-state index in [9.17, 15) is 0 Å². The Kier molecular flexibility index (Phi) is 6.17. The van der Waals surface area contributed by atoms with Crippen LogP contribution in [0.5, 0.6) is 11.5 Å². The molecule has 0 aliphatic rings. The van der Waals surface area contributed by atoms with Gasteiger partial charge in [0.25, 0.3) is 0 Å². The summed E-state index contributed by atoms with van der Waals surface area (Å²) in [7, 11) is 3.36. The Balaban J connectivity index is 2.14. The molecule has 3 aromatic carbocycles. The minimum atomic E-state index is 0.115. The third kappa shape index (κ3) is 4.56. The van der Waals surface area contributed by atoms with E-state index in [2.05, 4.69) is 81.1 Å². The van der Waals surface area contributed by atoms with Crippen molar-refractivity contribution < 1.29 is 9.47 Å². The molecule has 0 atom stereocenters. The molecule has 0 aliphatic carbocycles. The van der Waals surface area contributed by atoms with Crippen molar-refractivity contribution in [3.05, 3.63) is 77.9 Å². The molecule has 0 spiro atoms. The number of benzene rings is 3. The van der Waals surface area contributed by atoms with Crippen LogP contribution in [0.3, 0.4) is 0 Å². The molecule has 3 aromatic rings. The van der Waals surface area contributed by atoms with Crippen LogP contribution in [0, 0.1) is 0 Å². The summed E-state index contributed by atoms with van der Waals surface area (Å²) in [6.45, 7) is 8.87. The number of anilines is 3. The van der Waals surface area contributed by atoms with Gasteiger partial charge in [0.2, 0.25) is 0 Å². The normalized spacial score (nSPS) is 11.2. The summed E-state index contributed by atoms with van der Waals surface area (Å²) in [5.41, 5.74) is 5.90. The van der Waals surface area contributed by atoms with Gasteiger partial charge in [-0.2, -0.15) is 0 Å². The van der Waals surface area contributed by atoms with Crippen LogP contribution in [0.2, 0.25) is 0 Å². The van der Waals surface area contributed by atoms with Gasteiger partial charge in [-0.3, -0.25) is 0 Å². The average Bonchev–Trinajstić information content (AvgIpc) is 2.74. The Morgan fingerprint density at radius 1 is 0.759 bits per heavy atom. The molecular formula is C26H31NO2. The Morgan fingerprint density at radius 2 is 1.34 bits per heavy atom. The van der Waals surface area contributed by atoms with E-state index in [1.807, 2.05) is 18.2 Å². The maximum atomic E-state index is 5.71. The second-order valence-electron chi connectivity index (χ2n) is 8.19. The van der Waals surface area contributed by atoms with E-state index in [1.54, 1.807) is 14.2 Å². The highest BCUT2D eigenvalue weighted by atomic mass is 16.5. The van der Waals surface area contributed by atoms with Crippen molar-refractivity contribution in [2.75, 3.05) is 19.1 Å². The number of methoxy groups -OCH3 is 2. The number of hydrogen-bond donors (Lipinski definition) is 0. The number of nitrogens with zero attached hydrogens (tertiary/aromatic N) is 1. The van der Waals surface area contributed by atoms with E-state index in [-0.39, 0.29) is 5.41 Å². The SMILES string of the molecule is CCc1ccc(N(c2ccc(C(C)(C)C)cc2)c2ccc(OC)cc2OC)cc1. The van der Waals surface area contributed by atoms with Crippen molar-refractivity contribution in [2.45, 2.75) is 39.5 Å². The second kappa shape index (κ2) is 8.60. The van der Waals surface area contributed by atoms with Crippen LogP contribution in [0.25, 0.3) is 0 Å². The molecule has 0 amide bonds. The van der Waals surface area contributed by atoms with Crippen LogP contribution in [-0.4, -0.2) is 14.2 Å². The fourth-order valence-corrected chi connectivity index (χ4v) is 3.39. The monoisotopic (exact) mass is 389 g/mol. The molecule has 0 bridgehead atoms. The Hall–Kier alpha value is -2.94. The van der Waals surface area contributed by atoms with Crippen molar-refractivity contribution >= 4 is 17.1 Å². The summed E-state index contributed by atoms with van der Waals surface area (Å²) in [4.78, 5) is 2.23. The lowest BCUT2D eigenvalue weighted by molar-refractivity contribution is 0.395. The lowest BCUT2D eigenvalue weighted by Crippen LogP contribution is -2.13. The number of hydrogen-bond acceptors (Lipinski definition) is 3. The van der Waals surface area contributed by atoms with E-state index in [0.717, 1.165) is 35.0 Å². The van der Waals surface area contributed by atoms with Gasteiger partial charge >= 0.3 is 0 Å². The first-order chi connectivity index (χ1) is 13.9. The molecule has 0 N–H and O–H groups in total. The molecule has 0 heterocycles. The summed E-state index contributed by atoms with van der Waals surface area (Å²) >= 11 is 0. The third-order valence-electron chi connectivity index (χ3n) is 5.22. The first-order valence-corrected chi connectivity index (χ1v) is 10.1. The fraction of sp³-hybridized carbons (Fsp3) is 0.308. The van der Waals surface area contributed by atoms with E-state index in [0.29, 0.717) is 0 Å². The average molecular weight is 390 g/mol. The van der Waals surface area contributed by atoms with Crippen molar-refractivity contribution in [3.8, 4) is 11.5 Å². The molecule has 0 saturated carbocycles. The molecular weight excluding hydrogens is 358 g/mol. The number of aryl methyl sites for hydroxylation is 1. The Morgan fingerprint density at radius 3 is 1.83 bits per heavy atom. The van der Waals surface area contributed by atoms with Gasteiger partial charge < -0.3 is 14.4 Å². The highest BCUT2D eigenvalue weighted by Gasteiger charge is 2.19. The zero-order valence-corrected chi connectivity index (χ0v) is 18.3. The molecule has 29 heavy (non-hydrogen) atoms. The molecule has 3 nitrogen and oxygen atoms in total. The molecule has 3 heteroatoms. The molecule has 3 rings (SSSR count). The number of ether oxygens (including phenoxy) is 2. The lowest BCUT2D eigenvalue weighted by Gasteiger charge is -2.28. The van der Waals surface area contributed by atoms with Gasteiger partial charge in [0, 0.05) is 17.4 Å². The highest BCUT2D eigenvalue weighted by molar-refractivity contribution is 5.80. The molecule has 0 aromatic heterocycles. The largest absolute Gasteiger partial charge is 0.497 e. The van der Waals surface area contributed by atoms with Gasteiger partial charge in [0.1, 0.15) is 11.5 Å². The van der Waals surface area contributed by atoms with E-state index in [1.165, 1.54) is 11.1 Å².